The molecular formula is C10H15N3. The summed E-state index contributed by atoms with van der Waals surface area (Å²) in [7, 11) is 0. The van der Waals surface area contributed by atoms with Crippen molar-refractivity contribution in [3.63, 3.8) is 0 Å². The lowest BCUT2D eigenvalue weighted by molar-refractivity contribution is 0.457. The van der Waals surface area contributed by atoms with Crippen molar-refractivity contribution in [1.29, 1.82) is 0 Å². The monoisotopic (exact) mass is 177 g/mol. The van der Waals surface area contributed by atoms with Gasteiger partial charge in [-0.25, -0.2) is 5.43 Å². The van der Waals surface area contributed by atoms with Gasteiger partial charge < -0.3 is 0 Å². The van der Waals surface area contributed by atoms with Crippen LogP contribution in [-0.2, 0) is 6.54 Å². The van der Waals surface area contributed by atoms with Crippen LogP contribution in [0.2, 0.25) is 0 Å². The molecule has 3 nitrogen and oxygen atoms in total. The Balaban J connectivity index is 1.79. The molecule has 1 unspecified atom stereocenters. The molecule has 0 aliphatic carbocycles. The van der Waals surface area contributed by atoms with E-state index in [9.17, 15) is 0 Å². The van der Waals surface area contributed by atoms with Crippen molar-refractivity contribution in [2.75, 3.05) is 6.54 Å². The Morgan fingerprint density at radius 2 is 2.15 bits per heavy atom. The van der Waals surface area contributed by atoms with Crippen LogP contribution in [0, 0.1) is 0 Å². The predicted molar refractivity (Wildman–Crippen MR) is 52.8 cm³/mol. The van der Waals surface area contributed by atoms with Crippen molar-refractivity contribution in [3.8, 4) is 0 Å². The first-order chi connectivity index (χ1) is 6.45. The second-order valence-electron chi connectivity index (χ2n) is 3.28. The molecule has 0 saturated carbocycles. The van der Waals surface area contributed by atoms with Gasteiger partial charge in [0.2, 0.25) is 0 Å². The second kappa shape index (κ2) is 4.37. The molecule has 2 rings (SSSR count). The van der Waals surface area contributed by atoms with Gasteiger partial charge in [-0.1, -0.05) is 30.3 Å². The zero-order valence-electron chi connectivity index (χ0n) is 7.59. The van der Waals surface area contributed by atoms with E-state index in [0.29, 0.717) is 6.17 Å². The Labute approximate surface area is 78.5 Å². The highest BCUT2D eigenvalue weighted by Gasteiger charge is 2.11. The van der Waals surface area contributed by atoms with E-state index in [2.05, 4.69) is 40.4 Å². The fourth-order valence-corrected chi connectivity index (χ4v) is 1.47. The summed E-state index contributed by atoms with van der Waals surface area (Å²) in [5.41, 5.74) is 7.59. The Hall–Kier alpha value is -0.900. The van der Waals surface area contributed by atoms with Gasteiger partial charge >= 0.3 is 0 Å². The Morgan fingerprint density at radius 3 is 2.85 bits per heavy atom. The highest BCUT2D eigenvalue weighted by molar-refractivity contribution is 5.14. The SMILES string of the molecule is c1ccc(CNC2CCNN2)cc1. The summed E-state index contributed by atoms with van der Waals surface area (Å²) < 4.78 is 0. The van der Waals surface area contributed by atoms with Crippen LogP contribution >= 0.6 is 0 Å². The summed E-state index contributed by atoms with van der Waals surface area (Å²) in [6.07, 6.45) is 1.56. The van der Waals surface area contributed by atoms with Crippen LogP contribution < -0.4 is 16.2 Å². The summed E-state index contributed by atoms with van der Waals surface area (Å²) in [5.74, 6) is 0. The van der Waals surface area contributed by atoms with Crippen LogP contribution in [0.25, 0.3) is 0 Å². The van der Waals surface area contributed by atoms with E-state index >= 15 is 0 Å². The first-order valence-electron chi connectivity index (χ1n) is 4.71. The number of hydrogen-bond acceptors (Lipinski definition) is 3. The Morgan fingerprint density at radius 1 is 1.31 bits per heavy atom. The van der Waals surface area contributed by atoms with E-state index < -0.39 is 0 Å². The molecule has 1 saturated heterocycles. The van der Waals surface area contributed by atoms with Gasteiger partial charge in [0.25, 0.3) is 0 Å². The first kappa shape index (κ1) is 8.69. The third kappa shape index (κ3) is 2.52. The summed E-state index contributed by atoms with van der Waals surface area (Å²) in [5, 5.41) is 3.42. The average Bonchev–Trinajstić information content (AvgIpc) is 2.69. The molecule has 0 amide bonds. The van der Waals surface area contributed by atoms with Crippen LogP contribution in [-0.4, -0.2) is 12.7 Å². The summed E-state index contributed by atoms with van der Waals surface area (Å²) in [6, 6.07) is 10.4. The lowest BCUT2D eigenvalue weighted by Gasteiger charge is -2.11. The lowest BCUT2D eigenvalue weighted by Crippen LogP contribution is -2.40. The van der Waals surface area contributed by atoms with Crippen molar-refractivity contribution in [3.05, 3.63) is 35.9 Å². The predicted octanol–water partition coefficient (Wildman–Crippen LogP) is 0.600. The summed E-state index contributed by atoms with van der Waals surface area (Å²) >= 11 is 0. The van der Waals surface area contributed by atoms with E-state index in [1.54, 1.807) is 0 Å². The maximum absolute atomic E-state index is 3.42. The zero-order valence-corrected chi connectivity index (χ0v) is 7.59. The van der Waals surface area contributed by atoms with Gasteiger partial charge in [-0.2, -0.15) is 0 Å². The fourth-order valence-electron chi connectivity index (χ4n) is 1.47. The molecule has 1 aromatic rings. The number of hydrogen-bond donors (Lipinski definition) is 3. The molecule has 1 aliphatic rings. The van der Waals surface area contributed by atoms with Crippen molar-refractivity contribution < 1.29 is 0 Å². The van der Waals surface area contributed by atoms with Gasteiger partial charge in [-0.15, -0.1) is 0 Å². The second-order valence-corrected chi connectivity index (χ2v) is 3.28. The Kier molecular flexibility index (Phi) is 2.92. The summed E-state index contributed by atoms with van der Waals surface area (Å²) in [6.45, 7) is 1.98. The third-order valence-electron chi connectivity index (χ3n) is 2.23. The molecule has 1 atom stereocenters. The maximum atomic E-state index is 3.42. The minimum atomic E-state index is 0.417. The van der Waals surface area contributed by atoms with Crippen LogP contribution in [0.4, 0.5) is 0 Å². The zero-order chi connectivity index (χ0) is 8.93. The van der Waals surface area contributed by atoms with Gasteiger partial charge in [-0.3, -0.25) is 10.7 Å². The van der Waals surface area contributed by atoms with Crippen molar-refractivity contribution >= 4 is 0 Å². The van der Waals surface area contributed by atoms with E-state index in [1.165, 1.54) is 5.56 Å². The van der Waals surface area contributed by atoms with Gasteiger partial charge in [-0.05, 0) is 12.0 Å². The van der Waals surface area contributed by atoms with Crippen LogP contribution in [0.3, 0.4) is 0 Å². The summed E-state index contributed by atoms with van der Waals surface area (Å²) in [4.78, 5) is 0. The number of benzene rings is 1. The molecule has 0 radical (unpaired) electrons. The highest BCUT2D eigenvalue weighted by atomic mass is 15.4. The Bertz CT molecular complexity index is 242. The average molecular weight is 177 g/mol. The van der Waals surface area contributed by atoms with E-state index in [4.69, 9.17) is 0 Å². The fraction of sp³-hybridized carbons (Fsp3) is 0.400. The third-order valence-corrected chi connectivity index (χ3v) is 2.23. The normalized spacial score (nSPS) is 22.0. The van der Waals surface area contributed by atoms with Gasteiger partial charge in [0, 0.05) is 13.1 Å². The largest absolute Gasteiger partial charge is 0.297 e. The molecule has 3 N–H and O–H groups in total. The molecule has 0 spiro atoms. The lowest BCUT2D eigenvalue weighted by atomic mass is 10.2. The molecule has 13 heavy (non-hydrogen) atoms. The molecule has 0 bridgehead atoms. The minimum Gasteiger partial charge on any atom is -0.297 e. The smallest absolute Gasteiger partial charge is 0.0719 e. The molecule has 1 aromatic carbocycles. The van der Waals surface area contributed by atoms with Crippen LogP contribution in [0.5, 0.6) is 0 Å². The number of hydrazine groups is 1. The first-order valence-corrected chi connectivity index (χ1v) is 4.71. The molecule has 0 aromatic heterocycles. The van der Waals surface area contributed by atoms with E-state index in [0.717, 1.165) is 19.5 Å². The van der Waals surface area contributed by atoms with Crippen LogP contribution in [0.15, 0.2) is 30.3 Å². The molecule has 1 heterocycles. The molecule has 3 heteroatoms. The van der Waals surface area contributed by atoms with Crippen molar-refractivity contribution in [2.24, 2.45) is 0 Å². The maximum Gasteiger partial charge on any atom is 0.0719 e. The molecular weight excluding hydrogens is 162 g/mol. The van der Waals surface area contributed by atoms with Gasteiger partial charge in [0.15, 0.2) is 0 Å². The molecule has 1 aliphatic heterocycles. The van der Waals surface area contributed by atoms with E-state index in [1.807, 2.05) is 6.07 Å². The number of nitrogens with one attached hydrogen (secondary N) is 3. The highest BCUT2D eigenvalue weighted by Crippen LogP contribution is 1.99. The van der Waals surface area contributed by atoms with E-state index in [-0.39, 0.29) is 0 Å². The standard InChI is InChI=1S/C10H15N3/c1-2-4-9(5-3-1)8-11-10-6-7-12-13-10/h1-5,10-13H,6-8H2. The molecule has 70 valence electrons. The van der Waals surface area contributed by atoms with Crippen molar-refractivity contribution in [1.82, 2.24) is 16.2 Å². The quantitative estimate of drug-likeness (QED) is 0.633. The van der Waals surface area contributed by atoms with Crippen molar-refractivity contribution in [2.45, 2.75) is 19.1 Å². The topological polar surface area (TPSA) is 36.1 Å². The number of rotatable bonds is 3. The van der Waals surface area contributed by atoms with Crippen LogP contribution in [0.1, 0.15) is 12.0 Å². The minimum absolute atomic E-state index is 0.417. The van der Waals surface area contributed by atoms with Gasteiger partial charge in [0.05, 0.1) is 6.17 Å². The molecule has 1 fully saturated rings. The van der Waals surface area contributed by atoms with Gasteiger partial charge in [0.1, 0.15) is 0 Å².